The van der Waals surface area contributed by atoms with Crippen LogP contribution in [0.2, 0.25) is 0 Å². The summed E-state index contributed by atoms with van der Waals surface area (Å²) in [4.78, 5) is 36.2. The SMILES string of the molecule is Cc1ccc(CNC(=O)C(=O)N/N=C\c2ccccc2OCC(=O)Nc2ccccc2C)cc1. The number of ether oxygens (including phenoxy) is 1. The summed E-state index contributed by atoms with van der Waals surface area (Å²) in [5.41, 5.74) is 6.38. The molecule has 8 nitrogen and oxygen atoms in total. The molecule has 3 N–H and O–H groups in total. The molecule has 0 saturated carbocycles. The van der Waals surface area contributed by atoms with Gasteiger partial charge in [-0.25, -0.2) is 5.43 Å². The number of amides is 3. The molecule has 3 aromatic rings. The highest BCUT2D eigenvalue weighted by molar-refractivity contribution is 6.35. The third-order valence-corrected chi connectivity index (χ3v) is 4.85. The van der Waals surface area contributed by atoms with Gasteiger partial charge < -0.3 is 15.4 Å². The molecule has 3 amide bonds. The van der Waals surface area contributed by atoms with E-state index in [9.17, 15) is 14.4 Å². The van der Waals surface area contributed by atoms with Gasteiger partial charge in [-0.1, -0.05) is 60.2 Å². The first kappa shape index (κ1) is 24.2. The number of benzene rings is 3. The quantitative estimate of drug-likeness (QED) is 0.274. The summed E-state index contributed by atoms with van der Waals surface area (Å²) in [6.07, 6.45) is 1.35. The lowest BCUT2D eigenvalue weighted by Gasteiger charge is -2.11. The number of carbonyl (C=O) groups is 3. The number of hydrogen-bond acceptors (Lipinski definition) is 5. The van der Waals surface area contributed by atoms with Gasteiger partial charge in [-0.2, -0.15) is 5.10 Å². The second-order valence-corrected chi connectivity index (χ2v) is 7.56. The molecule has 3 rings (SSSR count). The van der Waals surface area contributed by atoms with Crippen molar-refractivity contribution in [1.82, 2.24) is 10.7 Å². The molecule has 0 aliphatic heterocycles. The first-order valence-electron chi connectivity index (χ1n) is 10.7. The number of rotatable bonds is 8. The maximum Gasteiger partial charge on any atom is 0.329 e. The fourth-order valence-electron chi connectivity index (χ4n) is 2.94. The maximum atomic E-state index is 12.2. The van der Waals surface area contributed by atoms with Gasteiger partial charge in [0.2, 0.25) is 0 Å². The Labute approximate surface area is 198 Å². The van der Waals surface area contributed by atoms with Crippen molar-refractivity contribution in [1.29, 1.82) is 0 Å². The van der Waals surface area contributed by atoms with Crippen LogP contribution in [0.5, 0.6) is 5.75 Å². The average Bonchev–Trinajstić information content (AvgIpc) is 2.84. The highest BCUT2D eigenvalue weighted by Crippen LogP contribution is 2.17. The van der Waals surface area contributed by atoms with E-state index in [1.165, 1.54) is 6.21 Å². The van der Waals surface area contributed by atoms with Gasteiger partial charge in [0.15, 0.2) is 6.61 Å². The number of hydrogen-bond donors (Lipinski definition) is 3. The van der Waals surface area contributed by atoms with Gasteiger partial charge in [-0.3, -0.25) is 14.4 Å². The lowest BCUT2D eigenvalue weighted by molar-refractivity contribution is -0.139. The summed E-state index contributed by atoms with van der Waals surface area (Å²) in [5.74, 6) is -1.58. The van der Waals surface area contributed by atoms with E-state index in [0.29, 0.717) is 17.0 Å². The Morgan fingerprint density at radius 1 is 0.882 bits per heavy atom. The fourth-order valence-corrected chi connectivity index (χ4v) is 2.94. The molecule has 0 unspecified atom stereocenters. The Balaban J connectivity index is 1.49. The van der Waals surface area contributed by atoms with Crippen molar-refractivity contribution in [3.63, 3.8) is 0 Å². The molecule has 0 aliphatic rings. The molecule has 8 heteroatoms. The molecule has 0 radical (unpaired) electrons. The van der Waals surface area contributed by atoms with E-state index >= 15 is 0 Å². The molecule has 0 saturated heterocycles. The summed E-state index contributed by atoms with van der Waals surface area (Å²) >= 11 is 0. The summed E-state index contributed by atoms with van der Waals surface area (Å²) in [5, 5.41) is 9.17. The number of para-hydroxylation sites is 2. The fraction of sp³-hybridized carbons (Fsp3) is 0.154. The Morgan fingerprint density at radius 2 is 1.59 bits per heavy atom. The minimum atomic E-state index is -0.889. The van der Waals surface area contributed by atoms with Crippen molar-refractivity contribution in [2.75, 3.05) is 11.9 Å². The molecule has 3 aromatic carbocycles. The monoisotopic (exact) mass is 458 g/mol. The minimum Gasteiger partial charge on any atom is -0.483 e. The molecule has 0 aromatic heterocycles. The number of nitrogens with one attached hydrogen (secondary N) is 3. The van der Waals surface area contributed by atoms with E-state index in [-0.39, 0.29) is 19.1 Å². The topological polar surface area (TPSA) is 109 Å². The number of aryl methyl sites for hydroxylation is 2. The molecule has 0 heterocycles. The smallest absolute Gasteiger partial charge is 0.329 e. The highest BCUT2D eigenvalue weighted by Gasteiger charge is 2.12. The number of nitrogens with zero attached hydrogens (tertiary/aromatic N) is 1. The summed E-state index contributed by atoms with van der Waals surface area (Å²) < 4.78 is 5.62. The standard InChI is InChI=1S/C26H26N4O4/c1-18-11-13-20(14-12-18)15-27-25(32)26(33)30-28-16-21-8-4-6-10-23(21)34-17-24(31)29-22-9-5-3-7-19(22)2/h3-14,16H,15,17H2,1-2H3,(H,27,32)(H,29,31)(H,30,33)/b28-16-. The van der Waals surface area contributed by atoms with E-state index in [1.807, 2.05) is 62.4 Å². The maximum absolute atomic E-state index is 12.2. The number of carbonyl (C=O) groups excluding carboxylic acids is 3. The van der Waals surface area contributed by atoms with Crippen LogP contribution in [0.4, 0.5) is 5.69 Å². The predicted molar refractivity (Wildman–Crippen MR) is 131 cm³/mol. The van der Waals surface area contributed by atoms with E-state index < -0.39 is 11.8 Å². The van der Waals surface area contributed by atoms with E-state index in [4.69, 9.17) is 4.74 Å². The van der Waals surface area contributed by atoms with Crippen molar-refractivity contribution in [2.45, 2.75) is 20.4 Å². The van der Waals surface area contributed by atoms with Crippen LogP contribution in [0, 0.1) is 13.8 Å². The van der Waals surface area contributed by atoms with Crippen molar-refractivity contribution in [2.24, 2.45) is 5.10 Å². The predicted octanol–water partition coefficient (Wildman–Crippen LogP) is 3.09. The normalized spacial score (nSPS) is 10.5. The Kier molecular flexibility index (Phi) is 8.51. The minimum absolute atomic E-state index is 0.201. The summed E-state index contributed by atoms with van der Waals surface area (Å²) in [6.45, 7) is 3.90. The summed E-state index contributed by atoms with van der Waals surface area (Å²) in [6, 6.07) is 22.0. The zero-order valence-corrected chi connectivity index (χ0v) is 19.0. The Hall–Kier alpha value is -4.46. The van der Waals surface area contributed by atoms with Crippen LogP contribution in [0.3, 0.4) is 0 Å². The largest absolute Gasteiger partial charge is 0.483 e. The van der Waals surface area contributed by atoms with Crippen molar-refractivity contribution in [3.05, 3.63) is 95.1 Å². The zero-order valence-electron chi connectivity index (χ0n) is 19.0. The van der Waals surface area contributed by atoms with Crippen LogP contribution < -0.4 is 20.8 Å². The van der Waals surface area contributed by atoms with Gasteiger partial charge in [-0.15, -0.1) is 0 Å². The van der Waals surface area contributed by atoms with Crippen molar-refractivity contribution in [3.8, 4) is 5.75 Å². The highest BCUT2D eigenvalue weighted by atomic mass is 16.5. The average molecular weight is 459 g/mol. The lowest BCUT2D eigenvalue weighted by Crippen LogP contribution is -2.37. The van der Waals surface area contributed by atoms with Crippen LogP contribution in [-0.4, -0.2) is 30.5 Å². The molecule has 0 spiro atoms. The van der Waals surface area contributed by atoms with Gasteiger partial charge >= 0.3 is 11.8 Å². The van der Waals surface area contributed by atoms with Crippen LogP contribution in [-0.2, 0) is 20.9 Å². The van der Waals surface area contributed by atoms with Gasteiger partial charge in [0.1, 0.15) is 5.75 Å². The first-order chi connectivity index (χ1) is 16.4. The molecule has 0 atom stereocenters. The van der Waals surface area contributed by atoms with Gasteiger partial charge in [0.05, 0.1) is 6.21 Å². The lowest BCUT2D eigenvalue weighted by atomic mass is 10.1. The van der Waals surface area contributed by atoms with Crippen LogP contribution in [0.15, 0.2) is 77.9 Å². The van der Waals surface area contributed by atoms with Crippen LogP contribution in [0.25, 0.3) is 0 Å². The van der Waals surface area contributed by atoms with E-state index in [2.05, 4.69) is 21.2 Å². The van der Waals surface area contributed by atoms with E-state index in [0.717, 1.165) is 16.7 Å². The molecule has 0 fully saturated rings. The first-order valence-corrected chi connectivity index (χ1v) is 10.7. The van der Waals surface area contributed by atoms with Gasteiger partial charge in [0.25, 0.3) is 5.91 Å². The molecule has 34 heavy (non-hydrogen) atoms. The van der Waals surface area contributed by atoms with Gasteiger partial charge in [0, 0.05) is 17.8 Å². The van der Waals surface area contributed by atoms with Crippen molar-refractivity contribution < 1.29 is 19.1 Å². The third-order valence-electron chi connectivity index (χ3n) is 4.85. The Bertz CT molecular complexity index is 1190. The molecular formula is C26H26N4O4. The van der Waals surface area contributed by atoms with Crippen molar-refractivity contribution >= 4 is 29.6 Å². The second kappa shape index (κ2) is 12.0. The molecular weight excluding hydrogens is 432 g/mol. The van der Waals surface area contributed by atoms with Crippen LogP contribution >= 0.6 is 0 Å². The third kappa shape index (κ3) is 7.30. The van der Waals surface area contributed by atoms with Gasteiger partial charge in [-0.05, 0) is 43.2 Å². The second-order valence-electron chi connectivity index (χ2n) is 7.56. The number of hydrazone groups is 1. The molecule has 174 valence electrons. The van der Waals surface area contributed by atoms with Crippen LogP contribution in [0.1, 0.15) is 22.3 Å². The zero-order chi connectivity index (χ0) is 24.3. The molecule has 0 aliphatic carbocycles. The van der Waals surface area contributed by atoms with E-state index in [1.54, 1.807) is 24.3 Å². The number of anilines is 1. The molecule has 0 bridgehead atoms. The summed E-state index contributed by atoms with van der Waals surface area (Å²) in [7, 11) is 0. The Morgan fingerprint density at radius 3 is 2.35 bits per heavy atom.